The van der Waals surface area contributed by atoms with E-state index >= 15 is 0 Å². The first-order valence-electron chi connectivity index (χ1n) is 8.93. The van der Waals surface area contributed by atoms with Gasteiger partial charge in [0.25, 0.3) is 5.78 Å². The minimum absolute atomic E-state index is 0.178. The quantitative estimate of drug-likeness (QED) is 0.716. The largest absolute Gasteiger partial charge is 0.374 e. The molecule has 6 nitrogen and oxygen atoms in total. The van der Waals surface area contributed by atoms with E-state index in [1.165, 1.54) is 5.56 Å². The molecular weight excluding hydrogens is 314 g/mol. The lowest BCUT2D eigenvalue weighted by atomic mass is 10.1. The molecule has 0 bridgehead atoms. The van der Waals surface area contributed by atoms with Gasteiger partial charge in [0.2, 0.25) is 0 Å². The summed E-state index contributed by atoms with van der Waals surface area (Å²) in [5, 5.41) is 4.36. The Hall–Kier alpha value is -2.47. The van der Waals surface area contributed by atoms with Gasteiger partial charge in [-0.25, -0.2) is 4.98 Å². The number of hydrogen-bond donors (Lipinski definition) is 0. The molecule has 1 saturated heterocycles. The van der Waals surface area contributed by atoms with Gasteiger partial charge in [-0.1, -0.05) is 43.7 Å². The molecule has 1 atom stereocenters. The highest BCUT2D eigenvalue weighted by atomic mass is 16.5. The smallest absolute Gasteiger partial charge is 0.254 e. The van der Waals surface area contributed by atoms with Crippen LogP contribution in [0.4, 0.5) is 5.82 Å². The molecule has 0 saturated carbocycles. The molecule has 130 valence electrons. The number of rotatable bonds is 5. The van der Waals surface area contributed by atoms with Crippen LogP contribution in [0.2, 0.25) is 0 Å². The van der Waals surface area contributed by atoms with Crippen LogP contribution in [0, 0.1) is 0 Å². The number of anilines is 1. The van der Waals surface area contributed by atoms with Crippen molar-refractivity contribution in [2.75, 3.05) is 24.6 Å². The molecule has 0 N–H and O–H groups in total. The van der Waals surface area contributed by atoms with Crippen LogP contribution in [0.15, 0.2) is 42.7 Å². The zero-order valence-corrected chi connectivity index (χ0v) is 14.5. The third-order valence-corrected chi connectivity index (χ3v) is 4.56. The first-order chi connectivity index (χ1) is 12.3. The summed E-state index contributed by atoms with van der Waals surface area (Å²) in [7, 11) is 0. The summed E-state index contributed by atoms with van der Waals surface area (Å²) in [6.45, 7) is 4.59. The highest BCUT2D eigenvalue weighted by Crippen LogP contribution is 2.21. The fourth-order valence-corrected chi connectivity index (χ4v) is 3.38. The Bertz CT molecular complexity index is 832. The standard InChI is InChI=1S/C19H23N5O/c1-2-6-16-12-18(24-19(22-16)20-14-21-24)23-9-10-25-17(13-23)11-15-7-4-3-5-8-15/h3-5,7-8,12,14,17H,2,6,9-11,13H2,1H3. The molecule has 0 amide bonds. The van der Waals surface area contributed by atoms with Gasteiger partial charge in [0, 0.05) is 31.3 Å². The van der Waals surface area contributed by atoms with E-state index in [0.717, 1.165) is 50.5 Å². The summed E-state index contributed by atoms with van der Waals surface area (Å²) >= 11 is 0. The van der Waals surface area contributed by atoms with Crippen LogP contribution in [-0.2, 0) is 17.6 Å². The molecule has 0 radical (unpaired) electrons. The van der Waals surface area contributed by atoms with Gasteiger partial charge in [0.1, 0.15) is 12.1 Å². The highest BCUT2D eigenvalue weighted by molar-refractivity contribution is 5.48. The second-order valence-corrected chi connectivity index (χ2v) is 6.46. The first kappa shape index (κ1) is 16.0. The van der Waals surface area contributed by atoms with Crippen LogP contribution in [0.3, 0.4) is 0 Å². The van der Waals surface area contributed by atoms with Crippen LogP contribution in [0.5, 0.6) is 0 Å². The van der Waals surface area contributed by atoms with Crippen LogP contribution < -0.4 is 4.90 Å². The fourth-order valence-electron chi connectivity index (χ4n) is 3.38. The van der Waals surface area contributed by atoms with Crippen LogP contribution in [0.1, 0.15) is 24.6 Å². The van der Waals surface area contributed by atoms with Gasteiger partial charge in [0.15, 0.2) is 0 Å². The molecule has 3 aromatic rings. The fraction of sp³-hybridized carbons (Fsp3) is 0.421. The maximum absolute atomic E-state index is 6.00. The average Bonchev–Trinajstić information content (AvgIpc) is 3.11. The van der Waals surface area contributed by atoms with Crippen molar-refractivity contribution in [3.63, 3.8) is 0 Å². The van der Waals surface area contributed by atoms with E-state index in [2.05, 4.69) is 57.2 Å². The van der Waals surface area contributed by atoms with E-state index in [4.69, 9.17) is 4.74 Å². The highest BCUT2D eigenvalue weighted by Gasteiger charge is 2.23. The van der Waals surface area contributed by atoms with Gasteiger partial charge in [-0.15, -0.1) is 0 Å². The molecule has 0 spiro atoms. The van der Waals surface area contributed by atoms with Crippen molar-refractivity contribution in [3.05, 3.63) is 54.0 Å². The number of fused-ring (bicyclic) bond motifs is 1. The van der Waals surface area contributed by atoms with E-state index in [9.17, 15) is 0 Å². The maximum Gasteiger partial charge on any atom is 0.254 e. The topological polar surface area (TPSA) is 55.6 Å². The van der Waals surface area contributed by atoms with E-state index in [1.54, 1.807) is 6.33 Å². The number of benzene rings is 1. The van der Waals surface area contributed by atoms with E-state index in [1.807, 2.05) is 10.6 Å². The zero-order valence-electron chi connectivity index (χ0n) is 14.5. The van der Waals surface area contributed by atoms with E-state index in [-0.39, 0.29) is 6.10 Å². The molecule has 3 heterocycles. The summed E-state index contributed by atoms with van der Waals surface area (Å²) < 4.78 is 7.84. The number of nitrogens with zero attached hydrogens (tertiary/aromatic N) is 5. The summed E-state index contributed by atoms with van der Waals surface area (Å²) in [5.74, 6) is 1.74. The molecule has 25 heavy (non-hydrogen) atoms. The Balaban J connectivity index is 1.58. The van der Waals surface area contributed by atoms with E-state index in [0.29, 0.717) is 5.78 Å². The average molecular weight is 337 g/mol. The molecular formula is C19H23N5O. The van der Waals surface area contributed by atoms with Gasteiger partial charge < -0.3 is 9.64 Å². The normalized spacial score (nSPS) is 18.0. The van der Waals surface area contributed by atoms with Crippen molar-refractivity contribution < 1.29 is 4.74 Å². The van der Waals surface area contributed by atoms with Crippen molar-refractivity contribution >= 4 is 11.6 Å². The predicted molar refractivity (Wildman–Crippen MR) is 96.9 cm³/mol. The lowest BCUT2D eigenvalue weighted by molar-refractivity contribution is 0.0406. The van der Waals surface area contributed by atoms with Crippen molar-refractivity contribution in [3.8, 4) is 0 Å². The number of hydrogen-bond acceptors (Lipinski definition) is 5. The third kappa shape index (κ3) is 3.49. The Kier molecular flexibility index (Phi) is 4.61. The lowest BCUT2D eigenvalue weighted by Crippen LogP contribution is -2.44. The van der Waals surface area contributed by atoms with Crippen LogP contribution >= 0.6 is 0 Å². The summed E-state index contributed by atoms with van der Waals surface area (Å²) in [6.07, 6.45) is 4.69. The molecule has 1 aliphatic rings. The SMILES string of the molecule is CCCc1cc(N2CCOC(Cc3ccccc3)C2)n2ncnc2n1. The minimum atomic E-state index is 0.178. The van der Waals surface area contributed by atoms with Gasteiger partial charge in [-0.05, 0) is 12.0 Å². The molecule has 0 aliphatic carbocycles. The monoisotopic (exact) mass is 337 g/mol. The molecule has 1 unspecified atom stereocenters. The van der Waals surface area contributed by atoms with Crippen molar-refractivity contribution in [2.24, 2.45) is 0 Å². The second-order valence-electron chi connectivity index (χ2n) is 6.46. The Morgan fingerprint density at radius 2 is 2.12 bits per heavy atom. The van der Waals surface area contributed by atoms with Crippen molar-refractivity contribution in [2.45, 2.75) is 32.3 Å². The molecule has 2 aromatic heterocycles. The van der Waals surface area contributed by atoms with Gasteiger partial charge in [-0.2, -0.15) is 14.6 Å². The van der Waals surface area contributed by atoms with E-state index < -0.39 is 0 Å². The van der Waals surface area contributed by atoms with Gasteiger partial charge in [-0.3, -0.25) is 0 Å². The maximum atomic E-state index is 6.00. The Morgan fingerprint density at radius 1 is 1.24 bits per heavy atom. The Labute approximate surface area is 147 Å². The number of morpholine rings is 1. The zero-order chi connectivity index (χ0) is 17.1. The molecule has 1 aliphatic heterocycles. The van der Waals surface area contributed by atoms with Gasteiger partial charge >= 0.3 is 0 Å². The predicted octanol–water partition coefficient (Wildman–Crippen LogP) is 2.52. The van der Waals surface area contributed by atoms with Crippen molar-refractivity contribution in [1.82, 2.24) is 19.6 Å². The molecule has 4 rings (SSSR count). The summed E-state index contributed by atoms with van der Waals surface area (Å²) in [6, 6.07) is 12.7. The number of aromatic nitrogens is 4. The third-order valence-electron chi connectivity index (χ3n) is 4.56. The Morgan fingerprint density at radius 3 is 2.96 bits per heavy atom. The summed E-state index contributed by atoms with van der Waals surface area (Å²) in [4.78, 5) is 11.2. The lowest BCUT2D eigenvalue weighted by Gasteiger charge is -2.34. The number of ether oxygens (including phenoxy) is 1. The molecule has 1 fully saturated rings. The van der Waals surface area contributed by atoms with Crippen molar-refractivity contribution in [1.29, 1.82) is 0 Å². The van der Waals surface area contributed by atoms with Crippen LogP contribution in [-0.4, -0.2) is 45.4 Å². The minimum Gasteiger partial charge on any atom is -0.374 e. The van der Waals surface area contributed by atoms with Crippen LogP contribution in [0.25, 0.3) is 5.78 Å². The second kappa shape index (κ2) is 7.19. The summed E-state index contributed by atoms with van der Waals surface area (Å²) in [5.41, 5.74) is 2.38. The molecule has 1 aromatic carbocycles. The van der Waals surface area contributed by atoms with Gasteiger partial charge in [0.05, 0.1) is 12.7 Å². The number of aryl methyl sites for hydroxylation is 1. The first-order valence-corrected chi connectivity index (χ1v) is 8.93. The molecule has 6 heteroatoms.